The third-order valence-corrected chi connectivity index (χ3v) is 4.28. The lowest BCUT2D eigenvalue weighted by molar-refractivity contribution is -0.0215. The first-order chi connectivity index (χ1) is 9.13. The van der Waals surface area contributed by atoms with Crippen LogP contribution in [-0.2, 0) is 11.3 Å². The summed E-state index contributed by atoms with van der Waals surface area (Å²) in [5.74, 6) is 0. The van der Waals surface area contributed by atoms with E-state index in [1.165, 1.54) is 11.3 Å². The Morgan fingerprint density at radius 2 is 2.42 bits per heavy atom. The second kappa shape index (κ2) is 5.03. The van der Waals surface area contributed by atoms with Crippen molar-refractivity contribution >= 4 is 16.3 Å². The van der Waals surface area contributed by atoms with Crippen molar-refractivity contribution in [1.82, 2.24) is 14.3 Å². The molecule has 5 nitrogen and oxygen atoms in total. The molecule has 6 heteroatoms. The van der Waals surface area contributed by atoms with Crippen molar-refractivity contribution in [3.63, 3.8) is 0 Å². The molecule has 0 bridgehead atoms. The van der Waals surface area contributed by atoms with Crippen molar-refractivity contribution in [3.05, 3.63) is 33.2 Å². The van der Waals surface area contributed by atoms with Gasteiger partial charge in [0.25, 0.3) is 5.56 Å². The van der Waals surface area contributed by atoms with Gasteiger partial charge in [-0.05, 0) is 13.8 Å². The summed E-state index contributed by atoms with van der Waals surface area (Å²) >= 11 is 1.51. The Kier molecular flexibility index (Phi) is 3.38. The molecular weight excluding hydrogens is 262 g/mol. The highest BCUT2D eigenvalue weighted by Gasteiger charge is 2.17. The van der Waals surface area contributed by atoms with Gasteiger partial charge in [0.05, 0.1) is 18.4 Å². The number of ether oxygens (including phenoxy) is 1. The van der Waals surface area contributed by atoms with E-state index in [1.807, 2.05) is 12.3 Å². The Morgan fingerprint density at radius 1 is 1.58 bits per heavy atom. The number of aryl methyl sites for hydroxylation is 1. The molecule has 0 aromatic carbocycles. The van der Waals surface area contributed by atoms with Crippen molar-refractivity contribution in [3.8, 4) is 0 Å². The molecule has 1 aliphatic heterocycles. The summed E-state index contributed by atoms with van der Waals surface area (Å²) in [5.41, 5.74) is 1.81. The predicted molar refractivity (Wildman–Crippen MR) is 74.8 cm³/mol. The standard InChI is InChI=1S/C13H17N3O2S/c1-9-8-19-13-14-11(5-12(17)16(9)13)7-15-3-4-18-10(2)6-15/h5,8,10H,3-4,6-7H2,1-2H3/t10-/m1/s1. The molecule has 0 N–H and O–H groups in total. The molecule has 0 unspecified atom stereocenters. The van der Waals surface area contributed by atoms with Crippen molar-refractivity contribution in [2.45, 2.75) is 26.5 Å². The van der Waals surface area contributed by atoms with Gasteiger partial charge in [0.1, 0.15) is 0 Å². The molecule has 0 amide bonds. The van der Waals surface area contributed by atoms with Crippen LogP contribution in [0.2, 0.25) is 0 Å². The van der Waals surface area contributed by atoms with Crippen LogP contribution >= 0.6 is 11.3 Å². The number of rotatable bonds is 2. The fourth-order valence-corrected chi connectivity index (χ4v) is 3.34. The average molecular weight is 279 g/mol. The summed E-state index contributed by atoms with van der Waals surface area (Å²) in [6.45, 7) is 7.26. The molecule has 1 fully saturated rings. The molecule has 3 heterocycles. The van der Waals surface area contributed by atoms with E-state index in [1.54, 1.807) is 10.5 Å². The van der Waals surface area contributed by atoms with Crippen molar-refractivity contribution in [2.24, 2.45) is 0 Å². The van der Waals surface area contributed by atoms with Gasteiger partial charge in [-0.25, -0.2) is 4.98 Å². The molecule has 2 aromatic heterocycles. The van der Waals surface area contributed by atoms with Crippen LogP contribution in [0.4, 0.5) is 0 Å². The van der Waals surface area contributed by atoms with E-state index in [0.29, 0.717) is 0 Å². The number of fused-ring (bicyclic) bond motifs is 1. The third-order valence-electron chi connectivity index (χ3n) is 3.34. The SMILES string of the molecule is Cc1csc2nc(CN3CCO[C@H](C)C3)cc(=O)n12. The normalized spacial score (nSPS) is 21.1. The van der Waals surface area contributed by atoms with Gasteiger partial charge in [-0.15, -0.1) is 11.3 Å². The summed E-state index contributed by atoms with van der Waals surface area (Å²) in [4.78, 5) is 19.7. The van der Waals surface area contributed by atoms with Crippen LogP contribution in [0.3, 0.4) is 0 Å². The molecule has 0 spiro atoms. The minimum absolute atomic E-state index is 0.0139. The Bertz CT molecular complexity index is 649. The van der Waals surface area contributed by atoms with Gasteiger partial charge in [-0.2, -0.15) is 0 Å². The Labute approximate surface area is 115 Å². The predicted octanol–water partition coefficient (Wildman–Crippen LogP) is 1.29. The molecule has 3 rings (SSSR count). The molecule has 2 aromatic rings. The third kappa shape index (κ3) is 2.56. The maximum atomic E-state index is 12.1. The average Bonchev–Trinajstić information content (AvgIpc) is 2.71. The largest absolute Gasteiger partial charge is 0.376 e. The molecule has 0 saturated carbocycles. The second-order valence-electron chi connectivity index (χ2n) is 5.00. The van der Waals surface area contributed by atoms with Crippen LogP contribution in [0, 0.1) is 6.92 Å². The van der Waals surface area contributed by atoms with Gasteiger partial charge in [-0.1, -0.05) is 0 Å². The zero-order valence-electron chi connectivity index (χ0n) is 11.1. The minimum Gasteiger partial charge on any atom is -0.376 e. The summed E-state index contributed by atoms with van der Waals surface area (Å²) in [6, 6.07) is 1.65. The Morgan fingerprint density at radius 3 is 3.21 bits per heavy atom. The summed E-state index contributed by atoms with van der Waals surface area (Å²) in [6.07, 6.45) is 0.252. The van der Waals surface area contributed by atoms with Crippen LogP contribution in [0.5, 0.6) is 0 Å². The first-order valence-corrected chi connectivity index (χ1v) is 7.32. The second-order valence-corrected chi connectivity index (χ2v) is 5.83. The Balaban J connectivity index is 1.87. The van der Waals surface area contributed by atoms with Gasteiger partial charge in [-0.3, -0.25) is 14.1 Å². The number of morpholine rings is 1. The van der Waals surface area contributed by atoms with Gasteiger partial charge < -0.3 is 4.74 Å². The van der Waals surface area contributed by atoms with Crippen LogP contribution in [-0.4, -0.2) is 40.1 Å². The number of aromatic nitrogens is 2. The van der Waals surface area contributed by atoms with E-state index in [4.69, 9.17) is 4.74 Å². The fraction of sp³-hybridized carbons (Fsp3) is 0.538. The molecule has 1 atom stereocenters. The van der Waals surface area contributed by atoms with Crippen LogP contribution in [0.15, 0.2) is 16.2 Å². The number of hydrogen-bond donors (Lipinski definition) is 0. The molecule has 102 valence electrons. The number of nitrogens with zero attached hydrogens (tertiary/aromatic N) is 3. The first-order valence-electron chi connectivity index (χ1n) is 6.44. The van der Waals surface area contributed by atoms with Gasteiger partial charge in [0.15, 0.2) is 4.96 Å². The van der Waals surface area contributed by atoms with E-state index in [0.717, 1.165) is 42.6 Å². The van der Waals surface area contributed by atoms with Crippen LogP contribution in [0.25, 0.3) is 4.96 Å². The monoisotopic (exact) mass is 279 g/mol. The lowest BCUT2D eigenvalue weighted by Crippen LogP contribution is -2.40. The van der Waals surface area contributed by atoms with Crippen molar-refractivity contribution < 1.29 is 4.74 Å². The smallest absolute Gasteiger partial charge is 0.259 e. The van der Waals surface area contributed by atoms with E-state index in [9.17, 15) is 4.79 Å². The zero-order valence-corrected chi connectivity index (χ0v) is 11.9. The Hall–Kier alpha value is -1.24. The first kappa shape index (κ1) is 12.8. The van der Waals surface area contributed by atoms with Gasteiger partial charge >= 0.3 is 0 Å². The molecule has 1 saturated heterocycles. The lowest BCUT2D eigenvalue weighted by atomic mass is 10.2. The maximum absolute atomic E-state index is 12.1. The summed E-state index contributed by atoms with van der Waals surface area (Å²) in [7, 11) is 0. The highest BCUT2D eigenvalue weighted by atomic mass is 32.1. The van der Waals surface area contributed by atoms with Crippen molar-refractivity contribution in [1.29, 1.82) is 0 Å². The summed E-state index contributed by atoms with van der Waals surface area (Å²) in [5, 5.41) is 1.96. The van der Waals surface area contributed by atoms with Crippen molar-refractivity contribution in [2.75, 3.05) is 19.7 Å². The van der Waals surface area contributed by atoms with E-state index >= 15 is 0 Å². The van der Waals surface area contributed by atoms with E-state index in [2.05, 4.69) is 16.8 Å². The zero-order chi connectivity index (χ0) is 13.4. The molecule has 0 aliphatic carbocycles. The minimum atomic E-state index is 0.0139. The molecular formula is C13H17N3O2S. The van der Waals surface area contributed by atoms with Crippen LogP contribution < -0.4 is 5.56 Å². The quantitative estimate of drug-likeness (QED) is 0.831. The molecule has 19 heavy (non-hydrogen) atoms. The summed E-state index contributed by atoms with van der Waals surface area (Å²) < 4.78 is 7.18. The van der Waals surface area contributed by atoms with E-state index < -0.39 is 0 Å². The van der Waals surface area contributed by atoms with Crippen LogP contribution in [0.1, 0.15) is 18.3 Å². The van der Waals surface area contributed by atoms with Gasteiger partial charge in [0.2, 0.25) is 0 Å². The topological polar surface area (TPSA) is 46.8 Å². The fourth-order valence-electron chi connectivity index (χ4n) is 2.45. The number of thiazole rings is 1. The van der Waals surface area contributed by atoms with E-state index in [-0.39, 0.29) is 11.7 Å². The molecule has 0 radical (unpaired) electrons. The highest BCUT2D eigenvalue weighted by molar-refractivity contribution is 7.15. The number of hydrogen-bond acceptors (Lipinski definition) is 5. The lowest BCUT2D eigenvalue weighted by Gasteiger charge is -2.30. The highest BCUT2D eigenvalue weighted by Crippen LogP contribution is 2.13. The molecule has 1 aliphatic rings. The maximum Gasteiger partial charge on any atom is 0.259 e. The van der Waals surface area contributed by atoms with Gasteiger partial charge in [0, 0.05) is 36.8 Å².